The molecular weight excluding hydrogens is 388 g/mol. The number of fused-ring (bicyclic) bond motifs is 2. The summed E-state index contributed by atoms with van der Waals surface area (Å²) in [5.41, 5.74) is 0.579. The fourth-order valence-corrected chi connectivity index (χ4v) is 5.98. The molecule has 4 heterocycles. The van der Waals surface area contributed by atoms with Gasteiger partial charge in [-0.25, -0.2) is 14.6 Å². The van der Waals surface area contributed by atoms with Crippen molar-refractivity contribution in [3.8, 4) is 0 Å². The van der Waals surface area contributed by atoms with Gasteiger partial charge in [0.15, 0.2) is 18.2 Å². The molecule has 1 aromatic carbocycles. The molecule has 0 radical (unpaired) electrons. The average molecular weight is 418 g/mol. The van der Waals surface area contributed by atoms with E-state index in [0.29, 0.717) is 18.4 Å². The number of ether oxygens (including phenoxy) is 3. The summed E-state index contributed by atoms with van der Waals surface area (Å²) in [5, 5.41) is 9.06. The summed E-state index contributed by atoms with van der Waals surface area (Å²) >= 11 is 0. The van der Waals surface area contributed by atoms with Crippen molar-refractivity contribution in [3.63, 3.8) is 0 Å². The van der Waals surface area contributed by atoms with E-state index in [1.807, 2.05) is 6.92 Å². The summed E-state index contributed by atoms with van der Waals surface area (Å²) in [6.45, 7) is 6.71. The number of rotatable bonds is 4. The summed E-state index contributed by atoms with van der Waals surface area (Å²) in [7, 11) is 0. The lowest BCUT2D eigenvalue weighted by atomic mass is 9.58. The molecule has 0 aromatic heterocycles. The van der Waals surface area contributed by atoms with Crippen LogP contribution in [0, 0.1) is 23.7 Å². The maximum atomic E-state index is 11.0. The van der Waals surface area contributed by atoms with Crippen molar-refractivity contribution in [2.45, 2.75) is 77.0 Å². The SMILES string of the molecule is C[C@@H]1CCC2[C@@H](C)[C@@H](OCc3ccc(C(=O)O)cc3)O[C@@H]3O[C@@]4(C)CCC1[C@@]23OO4. The number of aromatic carboxylic acids is 1. The zero-order valence-electron chi connectivity index (χ0n) is 17.7. The second-order valence-electron chi connectivity index (χ2n) is 9.59. The van der Waals surface area contributed by atoms with Crippen LogP contribution in [0.1, 0.15) is 62.4 Å². The quantitative estimate of drug-likeness (QED) is 0.737. The first-order valence-electron chi connectivity index (χ1n) is 11.0. The van der Waals surface area contributed by atoms with E-state index in [1.165, 1.54) is 0 Å². The van der Waals surface area contributed by atoms with E-state index in [1.54, 1.807) is 24.3 Å². The summed E-state index contributed by atoms with van der Waals surface area (Å²) < 4.78 is 18.9. The summed E-state index contributed by atoms with van der Waals surface area (Å²) in [6, 6.07) is 6.74. The molecule has 1 saturated carbocycles. The Morgan fingerprint density at radius 1 is 1.13 bits per heavy atom. The Kier molecular flexibility index (Phi) is 4.95. The Hall–Kier alpha value is -1.51. The first-order valence-corrected chi connectivity index (χ1v) is 11.0. The van der Waals surface area contributed by atoms with E-state index in [0.717, 1.165) is 31.2 Å². The maximum Gasteiger partial charge on any atom is 0.335 e. The second-order valence-corrected chi connectivity index (χ2v) is 9.59. The van der Waals surface area contributed by atoms with Crippen LogP contribution < -0.4 is 0 Å². The minimum absolute atomic E-state index is 0.115. The predicted molar refractivity (Wildman–Crippen MR) is 105 cm³/mol. The Labute approximate surface area is 176 Å². The molecule has 8 atom stereocenters. The van der Waals surface area contributed by atoms with Gasteiger partial charge in [-0.2, -0.15) is 0 Å². The third-order valence-corrected chi connectivity index (χ3v) is 7.71. The van der Waals surface area contributed by atoms with Crippen LogP contribution >= 0.6 is 0 Å². The number of carboxylic acid groups (broad SMARTS) is 1. The van der Waals surface area contributed by atoms with E-state index in [4.69, 9.17) is 29.1 Å². The molecule has 0 amide bonds. The van der Waals surface area contributed by atoms with E-state index in [2.05, 4.69) is 13.8 Å². The Balaban J connectivity index is 1.37. The highest BCUT2D eigenvalue weighted by atomic mass is 17.3. The van der Waals surface area contributed by atoms with E-state index in [9.17, 15) is 4.79 Å². The molecule has 7 heteroatoms. The molecule has 1 aliphatic carbocycles. The number of hydrogen-bond donors (Lipinski definition) is 1. The normalized spacial score (nSPS) is 44.9. The minimum Gasteiger partial charge on any atom is -0.478 e. The van der Waals surface area contributed by atoms with Crippen LogP contribution in [-0.4, -0.2) is 35.0 Å². The predicted octanol–water partition coefficient (Wildman–Crippen LogP) is 4.11. The molecule has 5 aliphatic rings. The number of benzene rings is 1. The van der Waals surface area contributed by atoms with Crippen molar-refractivity contribution in [1.29, 1.82) is 0 Å². The molecule has 4 aliphatic heterocycles. The second kappa shape index (κ2) is 7.28. The van der Waals surface area contributed by atoms with Crippen molar-refractivity contribution in [2.24, 2.45) is 23.7 Å². The highest BCUT2D eigenvalue weighted by Gasteiger charge is 2.69. The van der Waals surface area contributed by atoms with E-state index in [-0.39, 0.29) is 17.4 Å². The van der Waals surface area contributed by atoms with Gasteiger partial charge in [0, 0.05) is 18.3 Å². The molecule has 1 N–H and O–H groups in total. The molecule has 2 bridgehead atoms. The van der Waals surface area contributed by atoms with Crippen LogP contribution in [-0.2, 0) is 30.6 Å². The zero-order chi connectivity index (χ0) is 21.1. The van der Waals surface area contributed by atoms with Gasteiger partial charge in [0.05, 0.1) is 12.2 Å². The highest BCUT2D eigenvalue weighted by Crippen LogP contribution is 2.60. The third kappa shape index (κ3) is 3.10. The van der Waals surface area contributed by atoms with E-state index >= 15 is 0 Å². The fourth-order valence-electron chi connectivity index (χ4n) is 5.98. The summed E-state index contributed by atoms with van der Waals surface area (Å²) in [6.07, 6.45) is 3.01. The fraction of sp³-hybridized carbons (Fsp3) is 0.696. The molecule has 164 valence electrons. The molecule has 7 nitrogen and oxygen atoms in total. The minimum atomic E-state index is -0.936. The largest absolute Gasteiger partial charge is 0.478 e. The van der Waals surface area contributed by atoms with Crippen molar-refractivity contribution < 1.29 is 33.9 Å². The van der Waals surface area contributed by atoms with Gasteiger partial charge >= 0.3 is 5.97 Å². The topological polar surface area (TPSA) is 83.5 Å². The zero-order valence-corrected chi connectivity index (χ0v) is 17.7. The Morgan fingerprint density at radius 3 is 2.63 bits per heavy atom. The molecule has 1 aromatic rings. The van der Waals surface area contributed by atoms with Gasteiger partial charge < -0.3 is 19.3 Å². The Morgan fingerprint density at radius 2 is 1.90 bits per heavy atom. The van der Waals surface area contributed by atoms with E-state index < -0.39 is 29.9 Å². The molecule has 6 rings (SSSR count). The standard InChI is InChI=1S/C23H30O7/c1-13-4-9-18-14(2)20(26-12-15-5-7-16(8-6-15)19(24)25)27-21-23(18)17(13)10-11-22(3,28-21)29-30-23/h5-8,13-14,17-18,20-21H,4,9-12H2,1-3H3,(H,24,25)/t13-,14-,17?,18?,20+,21-,22-,23-/m1/s1. The third-order valence-electron chi connectivity index (χ3n) is 7.71. The summed E-state index contributed by atoms with van der Waals surface area (Å²) in [4.78, 5) is 23.0. The van der Waals surface area contributed by atoms with Crippen molar-refractivity contribution in [2.75, 3.05) is 0 Å². The van der Waals surface area contributed by atoms with Crippen LogP contribution in [0.4, 0.5) is 0 Å². The maximum absolute atomic E-state index is 11.0. The average Bonchev–Trinajstić information content (AvgIpc) is 2.96. The van der Waals surface area contributed by atoms with Crippen molar-refractivity contribution >= 4 is 5.97 Å². The smallest absolute Gasteiger partial charge is 0.335 e. The van der Waals surface area contributed by atoms with Gasteiger partial charge in [-0.1, -0.05) is 26.0 Å². The monoisotopic (exact) mass is 418 g/mol. The summed E-state index contributed by atoms with van der Waals surface area (Å²) in [5.74, 6) is -0.539. The lowest BCUT2D eigenvalue weighted by Gasteiger charge is -2.60. The number of carbonyl (C=O) groups is 1. The number of hydrogen-bond acceptors (Lipinski definition) is 6. The molecule has 2 unspecified atom stereocenters. The molecule has 4 saturated heterocycles. The van der Waals surface area contributed by atoms with Crippen molar-refractivity contribution in [1.82, 2.24) is 0 Å². The molecule has 30 heavy (non-hydrogen) atoms. The van der Waals surface area contributed by atoms with Crippen LogP contribution in [0.2, 0.25) is 0 Å². The number of carboxylic acids is 1. The first-order chi connectivity index (χ1) is 14.3. The van der Waals surface area contributed by atoms with Gasteiger partial charge in [-0.05, 0) is 55.7 Å². The lowest BCUT2D eigenvalue weighted by Crippen LogP contribution is -2.70. The molecule has 1 spiro atoms. The van der Waals surface area contributed by atoms with Gasteiger partial charge in [-0.3, -0.25) is 0 Å². The van der Waals surface area contributed by atoms with Crippen LogP contribution in [0.5, 0.6) is 0 Å². The van der Waals surface area contributed by atoms with Gasteiger partial charge in [0.25, 0.3) is 0 Å². The van der Waals surface area contributed by atoms with Gasteiger partial charge in [0.1, 0.15) is 0 Å². The molecule has 5 fully saturated rings. The highest BCUT2D eigenvalue weighted by molar-refractivity contribution is 5.87. The first kappa shape index (κ1) is 20.4. The lowest BCUT2D eigenvalue weighted by molar-refractivity contribution is -0.577. The van der Waals surface area contributed by atoms with Crippen LogP contribution in [0.3, 0.4) is 0 Å². The Bertz CT molecular complexity index is 810. The van der Waals surface area contributed by atoms with Crippen molar-refractivity contribution in [3.05, 3.63) is 35.4 Å². The van der Waals surface area contributed by atoms with Gasteiger partial charge in [-0.15, -0.1) is 0 Å². The van der Waals surface area contributed by atoms with Crippen LogP contribution in [0.15, 0.2) is 24.3 Å². The molecular formula is C23H30O7. The van der Waals surface area contributed by atoms with Gasteiger partial charge in [0.2, 0.25) is 5.79 Å². The van der Waals surface area contributed by atoms with Crippen LogP contribution in [0.25, 0.3) is 0 Å².